The first kappa shape index (κ1) is 13.0. The average molecular weight is 289 g/mol. The first-order valence-electron chi connectivity index (χ1n) is 6.48. The third kappa shape index (κ3) is 2.49. The van der Waals surface area contributed by atoms with Crippen LogP contribution in [-0.2, 0) is 6.54 Å². The van der Waals surface area contributed by atoms with Gasteiger partial charge in [0, 0.05) is 18.5 Å². The molecule has 3 rings (SSSR count). The number of hydrogen-bond acceptors (Lipinski definition) is 4. The number of amides is 1. The van der Waals surface area contributed by atoms with Gasteiger partial charge in [0.1, 0.15) is 0 Å². The number of carbonyl (C=O) groups excluding carboxylic acids is 1. The van der Waals surface area contributed by atoms with Gasteiger partial charge in [-0.3, -0.25) is 4.79 Å². The highest BCUT2D eigenvalue weighted by atomic mass is 32.1. The number of hydrogen-bond donors (Lipinski definition) is 0. The molecule has 0 radical (unpaired) electrons. The van der Waals surface area contributed by atoms with Crippen LogP contribution < -0.4 is 9.47 Å². The number of nitrogens with zero attached hydrogens (tertiary/aromatic N) is 1. The summed E-state index contributed by atoms with van der Waals surface area (Å²) in [6.07, 6.45) is 0. The Bertz CT molecular complexity index is 610. The van der Waals surface area contributed by atoms with Gasteiger partial charge in [0.2, 0.25) is 6.79 Å². The van der Waals surface area contributed by atoms with E-state index in [0.717, 1.165) is 22.6 Å². The molecule has 5 heteroatoms. The Morgan fingerprint density at radius 2 is 2.15 bits per heavy atom. The van der Waals surface area contributed by atoms with E-state index in [9.17, 15) is 4.79 Å². The second-order valence-electron chi connectivity index (χ2n) is 4.52. The molecule has 0 bridgehead atoms. The van der Waals surface area contributed by atoms with Crippen molar-refractivity contribution in [3.63, 3.8) is 0 Å². The maximum Gasteiger partial charge on any atom is 0.254 e. The summed E-state index contributed by atoms with van der Waals surface area (Å²) in [6.45, 7) is 3.49. The first-order valence-corrected chi connectivity index (χ1v) is 7.42. The molecule has 20 heavy (non-hydrogen) atoms. The van der Waals surface area contributed by atoms with Crippen LogP contribution in [0.1, 0.15) is 22.8 Å². The standard InChI is InChI=1S/C15H15NO3S/c1-2-16(15(17)12-5-6-20-9-12)8-11-3-4-13-14(7-11)19-10-18-13/h3-7,9H,2,8,10H2,1H3. The zero-order valence-corrected chi connectivity index (χ0v) is 12.0. The first-order chi connectivity index (χ1) is 9.78. The van der Waals surface area contributed by atoms with Crippen molar-refractivity contribution in [2.24, 2.45) is 0 Å². The van der Waals surface area contributed by atoms with Gasteiger partial charge >= 0.3 is 0 Å². The average Bonchev–Trinajstić information content (AvgIpc) is 3.14. The van der Waals surface area contributed by atoms with Gasteiger partial charge in [-0.1, -0.05) is 6.07 Å². The molecule has 2 aromatic rings. The summed E-state index contributed by atoms with van der Waals surface area (Å²) >= 11 is 1.53. The second kappa shape index (κ2) is 5.54. The normalized spacial score (nSPS) is 12.4. The van der Waals surface area contributed by atoms with Crippen LogP contribution in [0.15, 0.2) is 35.0 Å². The Hall–Kier alpha value is -2.01. The molecular weight excluding hydrogens is 274 g/mol. The number of thiophene rings is 1. The predicted octanol–water partition coefficient (Wildman–Crippen LogP) is 3.14. The molecule has 0 spiro atoms. The number of benzene rings is 1. The highest BCUT2D eigenvalue weighted by Gasteiger charge is 2.17. The van der Waals surface area contributed by atoms with E-state index in [1.54, 1.807) is 0 Å². The maximum atomic E-state index is 12.4. The summed E-state index contributed by atoms with van der Waals surface area (Å²) < 4.78 is 10.7. The molecule has 0 atom stereocenters. The van der Waals surface area contributed by atoms with Gasteiger partial charge in [-0.2, -0.15) is 11.3 Å². The summed E-state index contributed by atoms with van der Waals surface area (Å²) in [4.78, 5) is 14.2. The number of carbonyl (C=O) groups is 1. The number of ether oxygens (including phenoxy) is 2. The van der Waals surface area contributed by atoms with Crippen LogP contribution in [-0.4, -0.2) is 24.1 Å². The molecule has 1 aromatic heterocycles. The SMILES string of the molecule is CCN(Cc1ccc2c(c1)OCO2)C(=O)c1ccsc1. The molecule has 1 amide bonds. The maximum absolute atomic E-state index is 12.4. The minimum absolute atomic E-state index is 0.0615. The molecule has 0 N–H and O–H groups in total. The lowest BCUT2D eigenvalue weighted by atomic mass is 10.1. The Morgan fingerprint density at radius 3 is 2.90 bits per heavy atom. The fraction of sp³-hybridized carbons (Fsp3) is 0.267. The molecule has 104 valence electrons. The van der Waals surface area contributed by atoms with Gasteiger partial charge in [-0.25, -0.2) is 0 Å². The van der Waals surface area contributed by atoms with E-state index in [1.165, 1.54) is 11.3 Å². The summed E-state index contributed by atoms with van der Waals surface area (Å²) in [5, 5.41) is 3.80. The monoisotopic (exact) mass is 289 g/mol. The van der Waals surface area contributed by atoms with Crippen LogP contribution in [0, 0.1) is 0 Å². The lowest BCUT2D eigenvalue weighted by molar-refractivity contribution is 0.0753. The zero-order chi connectivity index (χ0) is 13.9. The molecule has 0 fully saturated rings. The van der Waals surface area contributed by atoms with Gasteiger partial charge in [0.25, 0.3) is 5.91 Å². The third-order valence-corrected chi connectivity index (χ3v) is 3.93. The van der Waals surface area contributed by atoms with Crippen molar-refractivity contribution in [1.29, 1.82) is 0 Å². The number of rotatable bonds is 4. The highest BCUT2D eigenvalue weighted by molar-refractivity contribution is 7.08. The topological polar surface area (TPSA) is 38.8 Å². The van der Waals surface area contributed by atoms with Crippen molar-refractivity contribution in [2.45, 2.75) is 13.5 Å². The van der Waals surface area contributed by atoms with Crippen LogP contribution in [0.3, 0.4) is 0 Å². The van der Waals surface area contributed by atoms with Crippen LogP contribution >= 0.6 is 11.3 Å². The Kier molecular flexibility index (Phi) is 3.60. The summed E-state index contributed by atoms with van der Waals surface area (Å²) in [5.74, 6) is 1.58. The van der Waals surface area contributed by atoms with Crippen LogP contribution in [0.4, 0.5) is 0 Å². The van der Waals surface area contributed by atoms with Crippen molar-refractivity contribution in [3.8, 4) is 11.5 Å². The Balaban J connectivity index is 1.76. The fourth-order valence-electron chi connectivity index (χ4n) is 2.16. The summed E-state index contributed by atoms with van der Waals surface area (Å²) in [7, 11) is 0. The second-order valence-corrected chi connectivity index (χ2v) is 5.30. The summed E-state index contributed by atoms with van der Waals surface area (Å²) in [6, 6.07) is 7.65. The van der Waals surface area contributed by atoms with E-state index in [-0.39, 0.29) is 12.7 Å². The van der Waals surface area contributed by atoms with Gasteiger partial charge < -0.3 is 14.4 Å². The molecule has 1 aliphatic rings. The smallest absolute Gasteiger partial charge is 0.254 e. The molecule has 4 nitrogen and oxygen atoms in total. The van der Waals surface area contributed by atoms with E-state index >= 15 is 0 Å². The van der Waals surface area contributed by atoms with Crippen molar-refractivity contribution in [3.05, 3.63) is 46.2 Å². The molecular formula is C15H15NO3S. The van der Waals surface area contributed by atoms with Crippen molar-refractivity contribution < 1.29 is 14.3 Å². The van der Waals surface area contributed by atoms with E-state index in [0.29, 0.717) is 13.1 Å². The van der Waals surface area contributed by atoms with Crippen LogP contribution in [0.5, 0.6) is 11.5 Å². The minimum atomic E-state index is 0.0615. The van der Waals surface area contributed by atoms with Crippen molar-refractivity contribution >= 4 is 17.2 Å². The number of fused-ring (bicyclic) bond motifs is 1. The molecule has 1 aliphatic heterocycles. The third-order valence-electron chi connectivity index (χ3n) is 3.25. The quantitative estimate of drug-likeness (QED) is 0.868. The van der Waals surface area contributed by atoms with E-state index in [1.807, 2.05) is 46.8 Å². The predicted molar refractivity (Wildman–Crippen MR) is 77.3 cm³/mol. The highest BCUT2D eigenvalue weighted by Crippen LogP contribution is 2.32. The minimum Gasteiger partial charge on any atom is -0.454 e. The Morgan fingerprint density at radius 1 is 1.30 bits per heavy atom. The molecule has 0 unspecified atom stereocenters. The van der Waals surface area contributed by atoms with Crippen molar-refractivity contribution in [2.75, 3.05) is 13.3 Å². The van der Waals surface area contributed by atoms with Gasteiger partial charge in [-0.15, -0.1) is 0 Å². The van der Waals surface area contributed by atoms with E-state index < -0.39 is 0 Å². The lowest BCUT2D eigenvalue weighted by Gasteiger charge is -2.20. The lowest BCUT2D eigenvalue weighted by Crippen LogP contribution is -2.29. The summed E-state index contributed by atoms with van der Waals surface area (Å²) in [5.41, 5.74) is 1.79. The van der Waals surface area contributed by atoms with Gasteiger partial charge in [0.05, 0.1) is 5.56 Å². The zero-order valence-electron chi connectivity index (χ0n) is 11.2. The van der Waals surface area contributed by atoms with E-state index in [4.69, 9.17) is 9.47 Å². The molecule has 0 saturated carbocycles. The molecule has 2 heterocycles. The molecule has 0 aliphatic carbocycles. The van der Waals surface area contributed by atoms with E-state index in [2.05, 4.69) is 0 Å². The van der Waals surface area contributed by atoms with Crippen LogP contribution in [0.2, 0.25) is 0 Å². The van der Waals surface area contributed by atoms with Gasteiger partial charge in [-0.05, 0) is 36.1 Å². The Labute approximate surface area is 121 Å². The fourth-order valence-corrected chi connectivity index (χ4v) is 2.79. The molecule has 0 saturated heterocycles. The molecule has 1 aromatic carbocycles. The largest absolute Gasteiger partial charge is 0.454 e. The van der Waals surface area contributed by atoms with Crippen LogP contribution in [0.25, 0.3) is 0 Å². The van der Waals surface area contributed by atoms with Gasteiger partial charge in [0.15, 0.2) is 11.5 Å². The van der Waals surface area contributed by atoms with Crippen molar-refractivity contribution in [1.82, 2.24) is 4.90 Å².